The van der Waals surface area contributed by atoms with Crippen molar-refractivity contribution >= 4 is 17.6 Å². The number of benzene rings is 2. The van der Waals surface area contributed by atoms with Gasteiger partial charge in [-0.3, -0.25) is 10.1 Å². The summed E-state index contributed by atoms with van der Waals surface area (Å²) < 4.78 is 5.66. The van der Waals surface area contributed by atoms with Gasteiger partial charge in [-0.1, -0.05) is 23.8 Å². The van der Waals surface area contributed by atoms with Gasteiger partial charge in [0.15, 0.2) is 0 Å². The lowest BCUT2D eigenvalue weighted by atomic mass is 10.1. The number of nitrogens with zero attached hydrogens (tertiary/aromatic N) is 1. The number of ether oxygens (including phenoxy) is 1. The van der Waals surface area contributed by atoms with Crippen molar-refractivity contribution in [1.29, 1.82) is 0 Å². The standard InChI is InChI=1S/C23H29N3O2/c1-15-7-10-21(18(4)12-15)25-23(24-14-20-6-5-11-28-20)26-22(27)19-9-8-16(2)17(3)13-19/h7-10,12-13,20H,5-6,11,14H2,1-4H3,(H2,24,25,26,27)/t20-/m1/s1. The van der Waals surface area contributed by atoms with Gasteiger partial charge in [0.05, 0.1) is 12.6 Å². The molecule has 5 heteroatoms. The van der Waals surface area contributed by atoms with E-state index in [1.807, 2.05) is 51.1 Å². The van der Waals surface area contributed by atoms with Gasteiger partial charge in [-0.25, -0.2) is 4.99 Å². The van der Waals surface area contributed by atoms with Crippen LogP contribution in [0, 0.1) is 27.7 Å². The number of hydrogen-bond acceptors (Lipinski definition) is 3. The number of carbonyl (C=O) groups excluding carboxylic acids is 1. The van der Waals surface area contributed by atoms with E-state index in [1.54, 1.807) is 0 Å². The van der Waals surface area contributed by atoms with E-state index in [-0.39, 0.29) is 12.0 Å². The largest absolute Gasteiger partial charge is 0.376 e. The van der Waals surface area contributed by atoms with Crippen molar-refractivity contribution in [2.24, 2.45) is 4.99 Å². The molecule has 2 aromatic carbocycles. The third kappa shape index (κ3) is 5.20. The summed E-state index contributed by atoms with van der Waals surface area (Å²) in [4.78, 5) is 17.4. The number of rotatable bonds is 4. The predicted molar refractivity (Wildman–Crippen MR) is 114 cm³/mol. The highest BCUT2D eigenvalue weighted by molar-refractivity contribution is 6.10. The molecule has 0 spiro atoms. The average Bonchev–Trinajstić information content (AvgIpc) is 3.17. The van der Waals surface area contributed by atoms with Crippen LogP contribution in [0.25, 0.3) is 0 Å². The number of aliphatic imine (C=N–C) groups is 1. The monoisotopic (exact) mass is 379 g/mol. The molecular weight excluding hydrogens is 350 g/mol. The summed E-state index contributed by atoms with van der Waals surface area (Å²) in [6, 6.07) is 11.9. The Morgan fingerprint density at radius 1 is 1.07 bits per heavy atom. The zero-order chi connectivity index (χ0) is 20.1. The molecule has 1 heterocycles. The van der Waals surface area contributed by atoms with Crippen LogP contribution in [0.3, 0.4) is 0 Å². The van der Waals surface area contributed by atoms with Crippen LogP contribution in [-0.4, -0.2) is 31.1 Å². The number of guanidine groups is 1. The van der Waals surface area contributed by atoms with Crippen molar-refractivity contribution in [2.45, 2.75) is 46.6 Å². The van der Waals surface area contributed by atoms with Gasteiger partial charge in [0.2, 0.25) is 5.96 Å². The van der Waals surface area contributed by atoms with E-state index in [0.717, 1.165) is 41.8 Å². The van der Waals surface area contributed by atoms with E-state index in [1.165, 1.54) is 5.56 Å². The quantitative estimate of drug-likeness (QED) is 0.615. The third-order valence-corrected chi connectivity index (χ3v) is 5.11. The first-order valence-electron chi connectivity index (χ1n) is 9.81. The smallest absolute Gasteiger partial charge is 0.257 e. The molecule has 1 saturated heterocycles. The van der Waals surface area contributed by atoms with Crippen LogP contribution in [0.2, 0.25) is 0 Å². The number of amides is 1. The summed E-state index contributed by atoms with van der Waals surface area (Å²) in [5.74, 6) is 0.275. The number of anilines is 1. The van der Waals surface area contributed by atoms with E-state index in [0.29, 0.717) is 18.1 Å². The molecule has 1 aliphatic rings. The first kappa shape index (κ1) is 20.1. The minimum Gasteiger partial charge on any atom is -0.376 e. The number of aryl methyl sites for hydroxylation is 4. The fourth-order valence-corrected chi connectivity index (χ4v) is 3.24. The molecular formula is C23H29N3O2. The van der Waals surface area contributed by atoms with Gasteiger partial charge in [0.25, 0.3) is 5.91 Å². The van der Waals surface area contributed by atoms with E-state index in [9.17, 15) is 4.79 Å². The molecule has 0 aromatic heterocycles. The molecule has 2 N–H and O–H groups in total. The third-order valence-electron chi connectivity index (χ3n) is 5.11. The Balaban J connectivity index is 1.79. The minimum atomic E-state index is -0.175. The fourth-order valence-electron chi connectivity index (χ4n) is 3.24. The molecule has 0 bridgehead atoms. The molecule has 1 amide bonds. The molecule has 5 nitrogen and oxygen atoms in total. The topological polar surface area (TPSA) is 62.7 Å². The Labute approximate surface area is 167 Å². The second-order valence-corrected chi connectivity index (χ2v) is 7.52. The predicted octanol–water partition coefficient (Wildman–Crippen LogP) is 4.30. The van der Waals surface area contributed by atoms with Crippen LogP contribution < -0.4 is 10.6 Å². The van der Waals surface area contributed by atoms with Crippen LogP contribution in [0.5, 0.6) is 0 Å². The fraction of sp³-hybridized carbons (Fsp3) is 0.391. The highest BCUT2D eigenvalue weighted by Crippen LogP contribution is 2.17. The molecule has 0 saturated carbocycles. The van der Waals surface area contributed by atoms with Gasteiger partial charge in [-0.15, -0.1) is 0 Å². The van der Waals surface area contributed by atoms with E-state index < -0.39 is 0 Å². The van der Waals surface area contributed by atoms with Gasteiger partial charge in [-0.05, 0) is 75.4 Å². The van der Waals surface area contributed by atoms with Gasteiger partial charge in [0, 0.05) is 17.9 Å². The lowest BCUT2D eigenvalue weighted by molar-refractivity contribution is 0.0975. The first-order valence-corrected chi connectivity index (χ1v) is 9.81. The molecule has 148 valence electrons. The lowest BCUT2D eigenvalue weighted by Crippen LogP contribution is -2.37. The normalized spacial score (nSPS) is 16.9. The number of hydrogen-bond donors (Lipinski definition) is 2. The van der Waals surface area contributed by atoms with Gasteiger partial charge in [0.1, 0.15) is 0 Å². The lowest BCUT2D eigenvalue weighted by Gasteiger charge is -2.15. The molecule has 2 aromatic rings. The molecule has 0 radical (unpaired) electrons. The second kappa shape index (κ2) is 9.02. The number of carbonyl (C=O) groups is 1. The van der Waals surface area contributed by atoms with Gasteiger partial charge in [-0.2, -0.15) is 0 Å². The zero-order valence-electron chi connectivity index (χ0n) is 17.1. The molecule has 1 aliphatic heterocycles. The average molecular weight is 380 g/mol. The Hall–Kier alpha value is -2.66. The van der Waals surface area contributed by atoms with Crippen molar-refractivity contribution in [3.05, 3.63) is 64.2 Å². The summed E-state index contributed by atoms with van der Waals surface area (Å²) in [5, 5.41) is 6.23. The SMILES string of the molecule is Cc1ccc(NC(=NC[C@H]2CCCO2)NC(=O)c2ccc(C)c(C)c2)c(C)c1. The molecule has 0 unspecified atom stereocenters. The van der Waals surface area contributed by atoms with Crippen molar-refractivity contribution < 1.29 is 9.53 Å². The van der Waals surface area contributed by atoms with E-state index in [2.05, 4.69) is 28.6 Å². The summed E-state index contributed by atoms with van der Waals surface area (Å²) in [7, 11) is 0. The van der Waals surface area contributed by atoms with Crippen LogP contribution in [0.1, 0.15) is 45.5 Å². The number of nitrogens with one attached hydrogen (secondary N) is 2. The van der Waals surface area contributed by atoms with Crippen LogP contribution in [-0.2, 0) is 4.74 Å². The van der Waals surface area contributed by atoms with Gasteiger partial charge < -0.3 is 10.1 Å². The highest BCUT2D eigenvalue weighted by atomic mass is 16.5. The second-order valence-electron chi connectivity index (χ2n) is 7.52. The van der Waals surface area contributed by atoms with Gasteiger partial charge >= 0.3 is 0 Å². The molecule has 1 fully saturated rings. The van der Waals surface area contributed by atoms with Crippen LogP contribution >= 0.6 is 0 Å². The van der Waals surface area contributed by atoms with Crippen molar-refractivity contribution in [3.63, 3.8) is 0 Å². The molecule has 1 atom stereocenters. The van der Waals surface area contributed by atoms with Crippen molar-refractivity contribution in [3.8, 4) is 0 Å². The molecule has 28 heavy (non-hydrogen) atoms. The Kier molecular flexibility index (Phi) is 6.47. The van der Waals surface area contributed by atoms with Crippen LogP contribution in [0.15, 0.2) is 41.4 Å². The van der Waals surface area contributed by atoms with E-state index >= 15 is 0 Å². The molecule has 0 aliphatic carbocycles. The zero-order valence-corrected chi connectivity index (χ0v) is 17.1. The summed E-state index contributed by atoms with van der Waals surface area (Å²) in [6.45, 7) is 9.46. The maximum atomic E-state index is 12.8. The van der Waals surface area contributed by atoms with E-state index in [4.69, 9.17) is 4.74 Å². The maximum absolute atomic E-state index is 12.8. The maximum Gasteiger partial charge on any atom is 0.257 e. The molecule has 3 rings (SSSR count). The Bertz CT molecular complexity index is 883. The van der Waals surface area contributed by atoms with Crippen molar-refractivity contribution in [2.75, 3.05) is 18.5 Å². The summed E-state index contributed by atoms with van der Waals surface area (Å²) in [5.41, 5.74) is 6.10. The minimum absolute atomic E-state index is 0.120. The highest BCUT2D eigenvalue weighted by Gasteiger charge is 2.16. The van der Waals surface area contributed by atoms with Crippen molar-refractivity contribution in [1.82, 2.24) is 5.32 Å². The Morgan fingerprint density at radius 2 is 1.89 bits per heavy atom. The van der Waals surface area contributed by atoms with Crippen LogP contribution in [0.4, 0.5) is 5.69 Å². The Morgan fingerprint density at radius 3 is 2.57 bits per heavy atom. The summed E-state index contributed by atoms with van der Waals surface area (Å²) in [6.07, 6.45) is 2.19. The first-order chi connectivity index (χ1) is 13.4. The summed E-state index contributed by atoms with van der Waals surface area (Å²) >= 11 is 0.